The van der Waals surface area contributed by atoms with Gasteiger partial charge in [-0.05, 0) is 97.9 Å². The fourth-order valence-corrected chi connectivity index (χ4v) is 7.52. The van der Waals surface area contributed by atoms with Crippen LogP contribution in [0.2, 0.25) is 0 Å². The van der Waals surface area contributed by atoms with Crippen LogP contribution < -0.4 is 0 Å². The third-order valence-corrected chi connectivity index (χ3v) is 9.64. The van der Waals surface area contributed by atoms with Gasteiger partial charge in [-0.2, -0.15) is 10.5 Å². The molecule has 9 aromatic rings. The Labute approximate surface area is 283 Å². The van der Waals surface area contributed by atoms with Crippen LogP contribution in [0, 0.1) is 22.7 Å². The van der Waals surface area contributed by atoms with Gasteiger partial charge in [0.05, 0.1) is 34.3 Å². The normalized spacial score (nSPS) is 11.2. The van der Waals surface area contributed by atoms with Gasteiger partial charge >= 0.3 is 0 Å². The molecule has 0 unspecified atom stereocenters. The van der Waals surface area contributed by atoms with E-state index in [2.05, 4.69) is 144 Å². The molecule has 0 radical (unpaired) electrons. The number of nitriles is 2. The van der Waals surface area contributed by atoms with Gasteiger partial charge in [-0.25, -0.2) is 0 Å². The monoisotopic (exact) mass is 621 g/mol. The van der Waals surface area contributed by atoms with Crippen LogP contribution >= 0.6 is 0 Å². The minimum absolute atomic E-state index is 0.622. The van der Waals surface area contributed by atoms with Gasteiger partial charge in [0, 0.05) is 22.0 Å². The summed E-state index contributed by atoms with van der Waals surface area (Å²) < 4.78 is 2.24. The van der Waals surface area contributed by atoms with Crippen LogP contribution in [-0.4, -0.2) is 4.57 Å². The molecule has 0 atom stereocenters. The molecule has 1 aromatic heterocycles. The summed E-state index contributed by atoms with van der Waals surface area (Å²) in [5.41, 5.74) is 10.8. The van der Waals surface area contributed by atoms with Crippen molar-refractivity contribution in [3.63, 3.8) is 0 Å². The van der Waals surface area contributed by atoms with Crippen molar-refractivity contribution in [1.82, 2.24) is 4.57 Å². The van der Waals surface area contributed by atoms with E-state index in [1.807, 2.05) is 36.4 Å². The van der Waals surface area contributed by atoms with Crippen LogP contribution in [0.5, 0.6) is 0 Å². The second-order valence-corrected chi connectivity index (χ2v) is 12.3. The van der Waals surface area contributed by atoms with Crippen LogP contribution in [-0.2, 0) is 0 Å². The largest absolute Gasteiger partial charge is 0.309 e. The Morgan fingerprint density at radius 2 is 0.980 bits per heavy atom. The van der Waals surface area contributed by atoms with E-state index < -0.39 is 0 Å². The van der Waals surface area contributed by atoms with E-state index in [0.717, 1.165) is 49.7 Å². The maximum atomic E-state index is 10.4. The molecule has 0 saturated carbocycles. The van der Waals surface area contributed by atoms with Crippen LogP contribution in [0.25, 0.3) is 82.4 Å². The molecule has 8 aromatic carbocycles. The van der Waals surface area contributed by atoms with Crippen molar-refractivity contribution in [1.29, 1.82) is 10.5 Å². The zero-order valence-corrected chi connectivity index (χ0v) is 26.4. The average Bonchev–Trinajstić information content (AvgIpc) is 3.50. The highest BCUT2D eigenvalue weighted by atomic mass is 15.0. The van der Waals surface area contributed by atoms with E-state index in [4.69, 9.17) is 0 Å². The summed E-state index contributed by atoms with van der Waals surface area (Å²) in [4.78, 5) is 0. The lowest BCUT2D eigenvalue weighted by molar-refractivity contribution is 1.18. The van der Waals surface area contributed by atoms with Crippen molar-refractivity contribution in [3.8, 4) is 51.2 Å². The first-order chi connectivity index (χ1) is 24.2. The Kier molecular flexibility index (Phi) is 6.58. The van der Waals surface area contributed by atoms with Crippen molar-refractivity contribution >= 4 is 43.4 Å². The van der Waals surface area contributed by atoms with Gasteiger partial charge in [-0.3, -0.25) is 0 Å². The molecule has 1 heterocycles. The molecule has 0 aliphatic rings. The molecule has 49 heavy (non-hydrogen) atoms. The Morgan fingerprint density at radius 1 is 0.388 bits per heavy atom. The fraction of sp³-hybridized carbons (Fsp3) is 0. The van der Waals surface area contributed by atoms with Crippen molar-refractivity contribution in [2.24, 2.45) is 0 Å². The van der Waals surface area contributed by atoms with Crippen molar-refractivity contribution in [3.05, 3.63) is 175 Å². The summed E-state index contributed by atoms with van der Waals surface area (Å²) in [6.07, 6.45) is 0. The number of nitrogens with zero attached hydrogens (tertiary/aromatic N) is 3. The van der Waals surface area contributed by atoms with Crippen molar-refractivity contribution in [2.45, 2.75) is 0 Å². The van der Waals surface area contributed by atoms with Gasteiger partial charge < -0.3 is 4.57 Å². The molecule has 0 saturated heterocycles. The van der Waals surface area contributed by atoms with E-state index in [1.165, 1.54) is 32.7 Å². The molecule has 9 rings (SSSR count). The quantitative estimate of drug-likeness (QED) is 0.184. The molecule has 3 nitrogen and oxygen atoms in total. The summed E-state index contributed by atoms with van der Waals surface area (Å²) in [5, 5.41) is 26.8. The number of rotatable bonds is 4. The van der Waals surface area contributed by atoms with Gasteiger partial charge in [0.25, 0.3) is 0 Å². The lowest BCUT2D eigenvalue weighted by atomic mass is 9.85. The van der Waals surface area contributed by atoms with Crippen molar-refractivity contribution in [2.75, 3.05) is 0 Å². The molecule has 3 heteroatoms. The third kappa shape index (κ3) is 4.49. The summed E-state index contributed by atoms with van der Waals surface area (Å²) in [7, 11) is 0. The lowest BCUT2D eigenvalue weighted by Gasteiger charge is -2.18. The molecular weight excluding hydrogens is 595 g/mol. The topological polar surface area (TPSA) is 52.5 Å². The summed E-state index contributed by atoms with van der Waals surface area (Å²) in [5.74, 6) is 0. The molecule has 0 N–H and O–H groups in total. The number of para-hydroxylation sites is 1. The number of aromatic nitrogens is 1. The van der Waals surface area contributed by atoms with E-state index >= 15 is 0 Å². The number of benzene rings is 8. The summed E-state index contributed by atoms with van der Waals surface area (Å²) >= 11 is 0. The summed E-state index contributed by atoms with van der Waals surface area (Å²) in [6.45, 7) is 0. The maximum Gasteiger partial charge on any atom is 0.0998 e. The van der Waals surface area contributed by atoms with Crippen LogP contribution in [0.15, 0.2) is 164 Å². The molecule has 0 fully saturated rings. The highest BCUT2D eigenvalue weighted by Gasteiger charge is 2.19. The van der Waals surface area contributed by atoms with E-state index in [1.54, 1.807) is 0 Å². The Bertz CT molecular complexity index is 2790. The average molecular weight is 622 g/mol. The smallest absolute Gasteiger partial charge is 0.0998 e. The van der Waals surface area contributed by atoms with Gasteiger partial charge in [0.15, 0.2) is 0 Å². The third-order valence-electron chi connectivity index (χ3n) is 9.64. The first-order valence-electron chi connectivity index (χ1n) is 16.3. The molecule has 0 bridgehead atoms. The minimum atomic E-state index is 0.622. The van der Waals surface area contributed by atoms with Gasteiger partial charge in [0.1, 0.15) is 0 Å². The number of hydrogen-bond donors (Lipinski definition) is 0. The van der Waals surface area contributed by atoms with Crippen LogP contribution in [0.1, 0.15) is 11.1 Å². The van der Waals surface area contributed by atoms with Crippen LogP contribution in [0.4, 0.5) is 0 Å². The van der Waals surface area contributed by atoms with E-state index in [9.17, 15) is 10.5 Å². The standard InChI is InChI=1S/C46H27N3/c47-28-30-21-24-44-42(25-30)36-15-8-9-20-43(36)49(44)35-14-10-13-32(26-35)41-27-33(22-23-34(41)29-48)46-39-18-6-4-16-37(39)45(31-11-2-1-3-12-31)38-17-5-7-19-40(38)46/h1-27H. The predicted molar refractivity (Wildman–Crippen MR) is 202 cm³/mol. The molecule has 0 spiro atoms. The molecule has 0 amide bonds. The molecular formula is C46H27N3. The Hall–Kier alpha value is -6.94. The van der Waals surface area contributed by atoms with Gasteiger partial charge in [0.2, 0.25) is 0 Å². The van der Waals surface area contributed by atoms with Crippen molar-refractivity contribution < 1.29 is 0 Å². The Morgan fingerprint density at radius 3 is 1.65 bits per heavy atom. The van der Waals surface area contributed by atoms with Gasteiger partial charge in [-0.15, -0.1) is 0 Å². The molecule has 226 valence electrons. The first kappa shape index (κ1) is 28.3. The minimum Gasteiger partial charge on any atom is -0.309 e. The molecule has 0 aliphatic heterocycles. The molecule has 0 aliphatic carbocycles. The first-order valence-corrected chi connectivity index (χ1v) is 16.3. The van der Waals surface area contributed by atoms with Crippen LogP contribution in [0.3, 0.4) is 0 Å². The highest BCUT2D eigenvalue weighted by molar-refractivity contribution is 6.21. The maximum absolute atomic E-state index is 10.4. The SMILES string of the molecule is N#Cc1ccc2c(c1)c1ccccc1n2-c1cccc(-c2cc(-c3c4ccccc4c(-c4ccccc4)c4ccccc34)ccc2C#N)c1. The number of fused-ring (bicyclic) bond motifs is 5. The Balaban J connectivity index is 1.28. The summed E-state index contributed by atoms with van der Waals surface area (Å²) in [6, 6.07) is 61.4. The van der Waals surface area contributed by atoms with E-state index in [0.29, 0.717) is 11.1 Å². The zero-order chi connectivity index (χ0) is 32.9. The number of hydrogen-bond acceptors (Lipinski definition) is 2. The second kappa shape index (κ2) is 11.4. The highest BCUT2D eigenvalue weighted by Crippen LogP contribution is 2.44. The van der Waals surface area contributed by atoms with Gasteiger partial charge in [-0.1, -0.05) is 115 Å². The lowest BCUT2D eigenvalue weighted by Crippen LogP contribution is -1.95. The zero-order valence-electron chi connectivity index (χ0n) is 26.4. The fourth-order valence-electron chi connectivity index (χ4n) is 7.52. The van der Waals surface area contributed by atoms with E-state index in [-0.39, 0.29) is 0 Å². The predicted octanol–water partition coefficient (Wildman–Crippen LogP) is 11.8. The second-order valence-electron chi connectivity index (χ2n) is 12.3.